The van der Waals surface area contributed by atoms with Crippen molar-refractivity contribution in [1.29, 1.82) is 0 Å². The summed E-state index contributed by atoms with van der Waals surface area (Å²) in [7, 11) is 0. The molecule has 0 unspecified atom stereocenters. The van der Waals surface area contributed by atoms with E-state index in [1.165, 1.54) is 0 Å². The first-order chi connectivity index (χ1) is 9.47. The van der Waals surface area contributed by atoms with E-state index in [0.717, 1.165) is 0 Å². The van der Waals surface area contributed by atoms with Gasteiger partial charge in [0.05, 0.1) is 13.2 Å². The van der Waals surface area contributed by atoms with Crippen molar-refractivity contribution in [1.82, 2.24) is 0 Å². The molecule has 0 saturated carbocycles. The van der Waals surface area contributed by atoms with Crippen LogP contribution in [0.3, 0.4) is 0 Å². The smallest absolute Gasteiger partial charge is 0.0696 e. The van der Waals surface area contributed by atoms with Crippen molar-refractivity contribution in [2.45, 2.75) is 13.2 Å². The van der Waals surface area contributed by atoms with Crippen LogP contribution in [0.5, 0.6) is 0 Å². The van der Waals surface area contributed by atoms with Crippen molar-refractivity contribution >= 4 is 46.4 Å². The first-order valence-electron chi connectivity index (χ1n) is 5.57. The van der Waals surface area contributed by atoms with Crippen LogP contribution in [0.1, 0.15) is 11.1 Å². The highest BCUT2D eigenvalue weighted by atomic mass is 35.5. The normalized spacial score (nSPS) is 9.90. The molecule has 0 atom stereocenters. The molecule has 2 rings (SSSR count). The van der Waals surface area contributed by atoms with Crippen LogP contribution in [0.25, 0.3) is 0 Å². The molecule has 0 saturated heterocycles. The van der Waals surface area contributed by atoms with Gasteiger partial charge in [-0.2, -0.15) is 0 Å². The van der Waals surface area contributed by atoms with Crippen molar-refractivity contribution in [2.75, 3.05) is 0 Å². The summed E-state index contributed by atoms with van der Waals surface area (Å²) in [5.41, 5.74) is 1.40. The van der Waals surface area contributed by atoms with Gasteiger partial charge in [0.1, 0.15) is 0 Å². The molecule has 0 radical (unpaired) electrons. The predicted molar refractivity (Wildman–Crippen MR) is 84.8 cm³/mol. The molecule has 2 aromatic rings. The van der Waals surface area contributed by atoms with Gasteiger partial charge in [0.15, 0.2) is 0 Å². The first-order valence-corrected chi connectivity index (χ1v) is 7.08. The fourth-order valence-electron chi connectivity index (χ4n) is 1.30. The zero-order valence-corrected chi connectivity index (χ0v) is 13.3. The molecular formula is C14H12Cl4O2. The predicted octanol–water partition coefficient (Wildman–Crippen LogP) is 4.97. The molecule has 2 N–H and O–H groups in total. The van der Waals surface area contributed by atoms with Gasteiger partial charge in [-0.25, -0.2) is 0 Å². The van der Waals surface area contributed by atoms with E-state index in [0.29, 0.717) is 31.2 Å². The summed E-state index contributed by atoms with van der Waals surface area (Å²) < 4.78 is 0. The topological polar surface area (TPSA) is 40.5 Å². The minimum absolute atomic E-state index is 0.0456. The third-order valence-electron chi connectivity index (χ3n) is 2.37. The summed E-state index contributed by atoms with van der Waals surface area (Å²) >= 11 is 22.6. The van der Waals surface area contributed by atoms with Crippen LogP contribution in [0.15, 0.2) is 36.4 Å². The molecule has 0 fully saturated rings. The number of hydrogen-bond donors (Lipinski definition) is 2. The van der Waals surface area contributed by atoms with Crippen LogP contribution in [-0.2, 0) is 13.2 Å². The molecule has 0 aliphatic carbocycles. The highest BCUT2D eigenvalue weighted by molar-refractivity contribution is 6.35. The number of rotatable bonds is 2. The van der Waals surface area contributed by atoms with Crippen molar-refractivity contribution in [3.8, 4) is 0 Å². The Morgan fingerprint density at radius 3 is 1.25 bits per heavy atom. The lowest BCUT2D eigenvalue weighted by molar-refractivity contribution is 0.281. The minimum Gasteiger partial charge on any atom is -0.392 e. The second-order valence-electron chi connectivity index (χ2n) is 3.79. The molecule has 20 heavy (non-hydrogen) atoms. The number of hydrogen-bond acceptors (Lipinski definition) is 2. The van der Waals surface area contributed by atoms with Crippen LogP contribution in [0.4, 0.5) is 0 Å². The van der Waals surface area contributed by atoms with E-state index in [1.54, 1.807) is 36.4 Å². The third-order valence-corrected chi connectivity index (χ3v) is 3.54. The molecule has 108 valence electrons. The molecular weight excluding hydrogens is 342 g/mol. The molecule has 0 heterocycles. The summed E-state index contributed by atoms with van der Waals surface area (Å²) in [5, 5.41) is 19.6. The quantitative estimate of drug-likeness (QED) is 0.799. The molecule has 0 aliphatic heterocycles. The van der Waals surface area contributed by atoms with Gasteiger partial charge >= 0.3 is 0 Å². The van der Waals surface area contributed by atoms with Crippen molar-refractivity contribution in [2.24, 2.45) is 0 Å². The zero-order valence-electron chi connectivity index (χ0n) is 10.3. The Labute approximate surface area is 137 Å². The summed E-state index contributed by atoms with van der Waals surface area (Å²) in [4.78, 5) is 0. The molecule has 0 aromatic heterocycles. The second kappa shape index (κ2) is 8.73. The van der Waals surface area contributed by atoms with E-state index in [1.807, 2.05) is 0 Å². The maximum Gasteiger partial charge on any atom is 0.0696 e. The Morgan fingerprint density at radius 1 is 0.650 bits per heavy atom. The van der Waals surface area contributed by atoms with Crippen molar-refractivity contribution in [3.05, 3.63) is 67.6 Å². The summed E-state index contributed by atoms with van der Waals surface area (Å²) in [6.45, 7) is -0.0913. The number of aliphatic hydroxyl groups is 2. The lowest BCUT2D eigenvalue weighted by Crippen LogP contribution is -1.82. The van der Waals surface area contributed by atoms with E-state index in [9.17, 15) is 0 Å². The second-order valence-corrected chi connectivity index (χ2v) is 5.47. The maximum absolute atomic E-state index is 8.68. The highest BCUT2D eigenvalue weighted by Gasteiger charge is 1.98. The molecule has 0 bridgehead atoms. The van der Waals surface area contributed by atoms with Gasteiger partial charge in [-0.15, -0.1) is 0 Å². The Morgan fingerprint density at radius 2 is 1.00 bits per heavy atom. The van der Waals surface area contributed by atoms with Crippen molar-refractivity contribution in [3.63, 3.8) is 0 Å². The van der Waals surface area contributed by atoms with Gasteiger partial charge in [-0.3, -0.25) is 0 Å². The van der Waals surface area contributed by atoms with E-state index in [2.05, 4.69) is 0 Å². The standard InChI is InChI=1S/2C7H6Cl2O/c2*8-6-2-1-5(4-10)7(9)3-6/h2*1-3,10H,4H2. The SMILES string of the molecule is OCc1ccc(Cl)cc1Cl.OCc1ccc(Cl)cc1Cl. The van der Waals surface area contributed by atoms with Crippen LogP contribution in [-0.4, -0.2) is 10.2 Å². The first kappa shape index (κ1) is 17.6. The average molecular weight is 354 g/mol. The molecule has 0 aliphatic rings. The number of benzene rings is 2. The van der Waals surface area contributed by atoms with Gasteiger partial charge in [-0.1, -0.05) is 58.5 Å². The summed E-state index contributed by atoms with van der Waals surface area (Å²) in [6, 6.07) is 10.00. The Balaban J connectivity index is 0.000000200. The van der Waals surface area contributed by atoms with E-state index < -0.39 is 0 Å². The van der Waals surface area contributed by atoms with Gasteiger partial charge in [-0.05, 0) is 35.4 Å². The average Bonchev–Trinajstić information content (AvgIpc) is 2.40. The lowest BCUT2D eigenvalue weighted by Gasteiger charge is -1.98. The molecule has 2 nitrogen and oxygen atoms in total. The Hall–Kier alpha value is -0.480. The highest BCUT2D eigenvalue weighted by Crippen LogP contribution is 2.21. The van der Waals surface area contributed by atoms with Gasteiger partial charge < -0.3 is 10.2 Å². The molecule has 0 spiro atoms. The van der Waals surface area contributed by atoms with Gasteiger partial charge in [0, 0.05) is 20.1 Å². The zero-order chi connectivity index (χ0) is 15.1. The fourth-order valence-corrected chi connectivity index (χ4v) is 2.24. The lowest BCUT2D eigenvalue weighted by atomic mass is 10.2. The number of aliphatic hydroxyl groups excluding tert-OH is 2. The Bertz CT molecular complexity index is 522. The molecule has 6 heteroatoms. The third kappa shape index (κ3) is 5.49. The van der Waals surface area contributed by atoms with E-state index in [4.69, 9.17) is 56.6 Å². The van der Waals surface area contributed by atoms with Gasteiger partial charge in [0.2, 0.25) is 0 Å². The molecule has 0 amide bonds. The molecule has 2 aromatic carbocycles. The van der Waals surface area contributed by atoms with Crippen LogP contribution in [0.2, 0.25) is 20.1 Å². The largest absolute Gasteiger partial charge is 0.392 e. The minimum atomic E-state index is -0.0456. The fraction of sp³-hybridized carbons (Fsp3) is 0.143. The van der Waals surface area contributed by atoms with Crippen LogP contribution in [0, 0.1) is 0 Å². The van der Waals surface area contributed by atoms with Crippen LogP contribution >= 0.6 is 46.4 Å². The van der Waals surface area contributed by atoms with Crippen LogP contribution < -0.4 is 0 Å². The summed E-state index contributed by atoms with van der Waals surface area (Å²) in [5.74, 6) is 0. The van der Waals surface area contributed by atoms with E-state index >= 15 is 0 Å². The van der Waals surface area contributed by atoms with Gasteiger partial charge in [0.25, 0.3) is 0 Å². The maximum atomic E-state index is 8.68. The van der Waals surface area contributed by atoms with Crippen molar-refractivity contribution < 1.29 is 10.2 Å². The summed E-state index contributed by atoms with van der Waals surface area (Å²) in [6.07, 6.45) is 0. The Kier molecular flexibility index (Phi) is 7.67. The monoisotopic (exact) mass is 352 g/mol. The van der Waals surface area contributed by atoms with E-state index in [-0.39, 0.29) is 13.2 Å². The number of halogens is 4.